The average molecular weight is 1330 g/mol. The number of nitrogens with zero attached hydrogens (tertiary/aromatic N) is 1. The van der Waals surface area contributed by atoms with Gasteiger partial charge in [0.1, 0.15) is 36.8 Å². The number of hydrogen-bond acceptors (Lipinski definition) is 14. The molecule has 0 spiro atoms. The fourth-order valence-corrected chi connectivity index (χ4v) is 16.7. The largest absolute Gasteiger partial charge is 1.00 e. The molecule has 21 nitrogen and oxygen atoms in total. The Morgan fingerprint density at radius 2 is 1.12 bits per heavy atom. The van der Waals surface area contributed by atoms with E-state index in [1.807, 2.05) is 62.4 Å². The van der Waals surface area contributed by atoms with E-state index < -0.39 is 99.0 Å². The minimum Gasteiger partial charge on any atom is -1.00 e. The van der Waals surface area contributed by atoms with Gasteiger partial charge < -0.3 is 63.9 Å². The highest BCUT2D eigenvalue weighted by atomic mass is 35.5. The van der Waals surface area contributed by atoms with Crippen molar-refractivity contribution in [3.63, 3.8) is 0 Å². The standard InChI is InChI=1S/C69H90N10O11SSi.ClH/c1-46(2)37-56(64(84)75-57(39-59(70)80)65(85)77-58(38-49-23-13-8-14-24-49)67(87)89-42-51-27-17-10-18-28-51)76-66(86)62(48(4)88-41-50-25-15-9-16-26-50)78-63(83)47(3)72-60(81)40-71-61(82)45-91-44-53-34-36-79-35-33-52(73-68(79)74-53)43-90-92(69(5,6)7,54-29-19-11-20-30-54)55-31-21-12-22-32-55;/h8-32,46-48,52-53,56-58,62H,33-45H2,1-7H3,(H9,70,71,72,73,74,75,76,77,78,80,81,82,83,84,85,86);1H/t47-,48+,52-,53-,56-,57-,58-,62-;/m0./s1. The van der Waals surface area contributed by atoms with Crippen LogP contribution in [0, 0.1) is 5.92 Å². The lowest BCUT2D eigenvalue weighted by Crippen LogP contribution is -3.00. The Labute approximate surface area is 557 Å². The number of nitrogens with one attached hydrogen (secondary N) is 8. The summed E-state index contributed by atoms with van der Waals surface area (Å²) in [5.74, 6) is -4.59. The van der Waals surface area contributed by atoms with Gasteiger partial charge >= 0.3 is 11.9 Å². The molecule has 0 saturated heterocycles. The minimum absolute atomic E-state index is 0. The van der Waals surface area contributed by atoms with E-state index in [-0.39, 0.29) is 73.2 Å². The maximum Gasteiger partial charge on any atom is 0.346 e. The van der Waals surface area contributed by atoms with E-state index in [1.165, 1.54) is 29.1 Å². The molecule has 0 bridgehead atoms. The maximum atomic E-state index is 14.5. The van der Waals surface area contributed by atoms with Crippen LogP contribution in [0.1, 0.15) is 90.8 Å². The number of ether oxygens (including phenoxy) is 2. The zero-order valence-corrected chi connectivity index (χ0v) is 56.7. The quantitative estimate of drug-likeness (QED) is 0.0157. The third-order valence-corrected chi connectivity index (χ3v) is 22.2. The summed E-state index contributed by atoms with van der Waals surface area (Å²) >= 11 is 1.45. The van der Waals surface area contributed by atoms with Crippen LogP contribution in [0.3, 0.4) is 0 Å². The molecule has 8 atom stereocenters. The highest BCUT2D eigenvalue weighted by molar-refractivity contribution is 8.00. The first-order valence-electron chi connectivity index (χ1n) is 31.5. The Morgan fingerprint density at radius 3 is 1.68 bits per heavy atom. The summed E-state index contributed by atoms with van der Waals surface area (Å²) in [6.45, 7) is 15.3. The molecule has 0 unspecified atom stereocenters. The SMILES string of the molecule is CC(C)C[C@H](NC(=O)[C@@H](NC(=O)[C@H](C)NC(=O)CNC(=O)CSC[C@@H]1CC[N+]2=C(N[C@H](CO[Si](c3ccccc3)(c3ccccc3)C(C)(C)C)CC2)N1)[C@@H](C)OCc1ccccc1)C(=O)N[C@@H](CC(N)=O)C(=O)N[C@@H](Cc1ccccc1)C(=O)OCc1ccccc1.[Cl-]. The number of hydrogen-bond donors (Lipinski definition) is 9. The van der Waals surface area contributed by atoms with Crippen LogP contribution in [0.4, 0.5) is 0 Å². The van der Waals surface area contributed by atoms with E-state index >= 15 is 0 Å². The van der Waals surface area contributed by atoms with Crippen LogP contribution in [0.2, 0.25) is 5.04 Å². The van der Waals surface area contributed by atoms with E-state index in [1.54, 1.807) is 61.5 Å². The molecular formula is C69H91ClN10O11SSi. The van der Waals surface area contributed by atoms with Crippen LogP contribution in [0.25, 0.3) is 0 Å². The average Bonchev–Trinajstić information content (AvgIpc) is 0.751. The second-order valence-corrected chi connectivity index (χ2v) is 30.2. The van der Waals surface area contributed by atoms with Gasteiger partial charge in [-0.15, -0.1) is 11.8 Å². The second kappa shape index (κ2) is 36.4. The predicted molar refractivity (Wildman–Crippen MR) is 358 cm³/mol. The van der Waals surface area contributed by atoms with Crippen molar-refractivity contribution in [2.24, 2.45) is 11.7 Å². The summed E-state index contributed by atoms with van der Waals surface area (Å²) in [4.78, 5) is 109. The monoisotopic (exact) mass is 1330 g/mol. The minimum atomic E-state index is -2.73. The fraction of sp³-hybridized carbons (Fsp3) is 0.435. The molecular weight excluding hydrogens is 1240 g/mol. The first-order chi connectivity index (χ1) is 44.1. The van der Waals surface area contributed by atoms with Crippen molar-refractivity contribution >= 4 is 83.7 Å². The molecule has 2 aliphatic rings. The summed E-state index contributed by atoms with van der Waals surface area (Å²) < 4.78 is 21.3. The molecule has 500 valence electrons. The Kier molecular flexibility index (Phi) is 28.9. The molecule has 0 saturated carbocycles. The van der Waals surface area contributed by atoms with Crippen molar-refractivity contribution in [3.05, 3.63) is 168 Å². The topological polar surface area (TPSA) is 290 Å². The van der Waals surface area contributed by atoms with Gasteiger partial charge in [-0.1, -0.05) is 186 Å². The fourth-order valence-electron chi connectivity index (χ4n) is 11.2. The Balaban J connectivity index is 0.0000137. The number of primary amides is 1. The molecule has 10 N–H and O–H groups in total. The van der Waals surface area contributed by atoms with Gasteiger partial charge in [0.15, 0.2) is 0 Å². The van der Waals surface area contributed by atoms with Crippen LogP contribution >= 0.6 is 11.8 Å². The first kappa shape index (κ1) is 74.0. The van der Waals surface area contributed by atoms with Gasteiger partial charge in [-0.3, -0.25) is 48.8 Å². The summed E-state index contributed by atoms with van der Waals surface area (Å²) in [6.07, 6.45) is 0.183. The number of nitrogens with two attached hydrogens (primary N) is 1. The van der Waals surface area contributed by atoms with Crippen molar-refractivity contribution in [2.75, 3.05) is 37.7 Å². The number of amides is 7. The van der Waals surface area contributed by atoms with Gasteiger partial charge in [0, 0.05) is 25.0 Å². The van der Waals surface area contributed by atoms with E-state index in [0.29, 0.717) is 23.5 Å². The molecule has 0 aromatic heterocycles. The van der Waals surface area contributed by atoms with Crippen molar-refractivity contribution in [1.29, 1.82) is 0 Å². The molecule has 2 aliphatic heterocycles. The van der Waals surface area contributed by atoms with Gasteiger partial charge in [-0.25, -0.2) is 4.79 Å². The Hall–Kier alpha value is -8.09. The molecule has 5 aromatic carbocycles. The van der Waals surface area contributed by atoms with Crippen LogP contribution in [0.15, 0.2) is 152 Å². The lowest BCUT2D eigenvalue weighted by molar-refractivity contribution is -0.542. The Morgan fingerprint density at radius 1 is 0.613 bits per heavy atom. The van der Waals surface area contributed by atoms with E-state index in [9.17, 15) is 38.4 Å². The number of rotatable bonds is 33. The van der Waals surface area contributed by atoms with Gasteiger partial charge in [0.05, 0.1) is 63.2 Å². The number of guanidine groups is 1. The van der Waals surface area contributed by atoms with Gasteiger partial charge in [0.25, 0.3) is 8.32 Å². The molecule has 93 heavy (non-hydrogen) atoms. The smallest absolute Gasteiger partial charge is 0.346 e. The second-order valence-electron chi connectivity index (χ2n) is 24.9. The lowest BCUT2D eigenvalue weighted by atomic mass is 10.0. The number of halogens is 1. The lowest BCUT2D eigenvalue weighted by Gasteiger charge is -2.44. The predicted octanol–water partition coefficient (Wildman–Crippen LogP) is 0.465. The number of carbonyl (C=O) groups excluding carboxylic acids is 8. The van der Waals surface area contributed by atoms with Crippen molar-refractivity contribution in [1.82, 2.24) is 42.5 Å². The number of carbonyl (C=O) groups is 8. The van der Waals surface area contributed by atoms with E-state index in [4.69, 9.17) is 19.6 Å². The van der Waals surface area contributed by atoms with Crippen LogP contribution in [0.5, 0.6) is 0 Å². The molecule has 5 aromatic rings. The van der Waals surface area contributed by atoms with Crippen molar-refractivity contribution < 1.29 is 69.2 Å². The molecule has 0 aliphatic carbocycles. The summed E-state index contributed by atoms with van der Waals surface area (Å²) in [5, 5.41) is 25.6. The number of esters is 1. The molecule has 7 rings (SSSR count). The van der Waals surface area contributed by atoms with Gasteiger partial charge in [-0.05, 0) is 58.3 Å². The summed E-state index contributed by atoms with van der Waals surface area (Å²) in [5.41, 5.74) is 7.79. The van der Waals surface area contributed by atoms with Gasteiger partial charge in [-0.2, -0.15) is 0 Å². The molecule has 2 heterocycles. The maximum absolute atomic E-state index is 14.5. The third-order valence-electron chi connectivity index (χ3n) is 16.1. The normalized spacial score (nSPS) is 16.5. The number of thioether (sulfide) groups is 1. The van der Waals surface area contributed by atoms with E-state index in [2.05, 4.69) is 116 Å². The first-order valence-corrected chi connectivity index (χ1v) is 34.6. The summed E-state index contributed by atoms with van der Waals surface area (Å²) in [7, 11) is -2.73. The zero-order valence-electron chi connectivity index (χ0n) is 54.1. The molecule has 24 heteroatoms. The third kappa shape index (κ3) is 22.6. The molecule has 0 radical (unpaired) electrons. The molecule has 0 fully saturated rings. The van der Waals surface area contributed by atoms with Crippen LogP contribution < -0.4 is 71.0 Å². The highest BCUT2D eigenvalue weighted by Gasteiger charge is 2.51. The van der Waals surface area contributed by atoms with Crippen LogP contribution in [-0.4, -0.2) is 152 Å². The van der Waals surface area contributed by atoms with Crippen molar-refractivity contribution in [2.45, 2.75) is 147 Å². The van der Waals surface area contributed by atoms with Crippen molar-refractivity contribution in [3.8, 4) is 0 Å². The number of benzene rings is 5. The van der Waals surface area contributed by atoms with Gasteiger partial charge in [0.2, 0.25) is 41.4 Å². The van der Waals surface area contributed by atoms with E-state index in [0.717, 1.165) is 37.5 Å². The highest BCUT2D eigenvalue weighted by Crippen LogP contribution is 2.37. The summed E-state index contributed by atoms with van der Waals surface area (Å²) in [6, 6.07) is 41.6. The Bertz CT molecular complexity index is 3240. The van der Waals surface area contributed by atoms with Crippen LogP contribution in [-0.2, 0) is 71.9 Å². The molecule has 7 amide bonds. The zero-order chi connectivity index (χ0) is 66.2.